The molecule has 0 aromatic heterocycles. The lowest BCUT2D eigenvalue weighted by molar-refractivity contribution is 0.278. The lowest BCUT2D eigenvalue weighted by atomic mass is 9.82. The van der Waals surface area contributed by atoms with Crippen molar-refractivity contribution in [3.8, 4) is 0 Å². The van der Waals surface area contributed by atoms with Crippen LogP contribution in [0.1, 0.15) is 85.0 Å². The van der Waals surface area contributed by atoms with E-state index in [0.717, 1.165) is 17.8 Å². The van der Waals surface area contributed by atoms with Gasteiger partial charge in [-0.05, 0) is 30.6 Å². The summed E-state index contributed by atoms with van der Waals surface area (Å²) in [6.45, 7) is 7.10. The molecule has 0 heteroatoms. The van der Waals surface area contributed by atoms with E-state index in [1.165, 1.54) is 64.2 Å². The highest BCUT2D eigenvalue weighted by molar-refractivity contribution is 4.79. The van der Waals surface area contributed by atoms with Crippen molar-refractivity contribution in [2.75, 3.05) is 0 Å². The molecule has 0 aliphatic heterocycles. The fourth-order valence-electron chi connectivity index (χ4n) is 3.42. The second-order valence-corrected chi connectivity index (χ2v) is 6.08. The molecule has 0 aromatic rings. The number of hydrogen-bond donors (Lipinski definition) is 0. The minimum Gasteiger partial charge on any atom is -0.0654 e. The van der Waals surface area contributed by atoms with Crippen LogP contribution in [0.4, 0.5) is 0 Å². The zero-order valence-corrected chi connectivity index (χ0v) is 11.8. The Bertz CT molecular complexity index is 161. The Morgan fingerprint density at radius 1 is 0.938 bits per heavy atom. The van der Waals surface area contributed by atoms with Crippen LogP contribution in [0, 0.1) is 17.8 Å². The molecule has 0 spiro atoms. The number of unbranched alkanes of at least 4 members (excludes halogenated alkanes) is 3. The van der Waals surface area contributed by atoms with E-state index in [1.807, 2.05) is 0 Å². The quantitative estimate of drug-likeness (QED) is 0.456. The molecule has 3 unspecified atom stereocenters. The highest BCUT2D eigenvalue weighted by atomic mass is 14.3. The predicted octanol–water partition coefficient (Wildman–Crippen LogP) is 5.81. The summed E-state index contributed by atoms with van der Waals surface area (Å²) >= 11 is 0. The van der Waals surface area contributed by atoms with E-state index < -0.39 is 0 Å². The SMILES string of the molecule is CCCCCC(CCCC)C1CCC(C)C1. The van der Waals surface area contributed by atoms with E-state index in [4.69, 9.17) is 0 Å². The van der Waals surface area contributed by atoms with Crippen LogP contribution in [0.15, 0.2) is 0 Å². The summed E-state index contributed by atoms with van der Waals surface area (Å²) in [6.07, 6.45) is 14.7. The van der Waals surface area contributed by atoms with Gasteiger partial charge >= 0.3 is 0 Å². The van der Waals surface area contributed by atoms with Crippen LogP contribution in [0.25, 0.3) is 0 Å². The molecule has 3 atom stereocenters. The summed E-state index contributed by atoms with van der Waals surface area (Å²) in [5.41, 5.74) is 0. The lowest BCUT2D eigenvalue weighted by Gasteiger charge is -2.23. The molecule has 1 saturated carbocycles. The van der Waals surface area contributed by atoms with Crippen LogP contribution in [-0.4, -0.2) is 0 Å². The fraction of sp³-hybridized carbons (Fsp3) is 1.00. The van der Waals surface area contributed by atoms with Crippen molar-refractivity contribution < 1.29 is 0 Å². The first-order valence-corrected chi connectivity index (χ1v) is 7.77. The molecule has 1 aliphatic rings. The monoisotopic (exact) mass is 224 g/mol. The van der Waals surface area contributed by atoms with Crippen LogP contribution >= 0.6 is 0 Å². The summed E-state index contributed by atoms with van der Waals surface area (Å²) in [4.78, 5) is 0. The average Bonchev–Trinajstić information content (AvgIpc) is 2.70. The molecule has 1 fully saturated rings. The molecule has 0 aromatic carbocycles. The Labute approximate surface area is 103 Å². The minimum absolute atomic E-state index is 1.01. The standard InChI is InChI=1S/C16H32/c1-4-6-8-10-15(9-7-5-2)16-12-11-14(3)13-16/h14-16H,4-13H2,1-3H3. The third kappa shape index (κ3) is 4.89. The summed E-state index contributed by atoms with van der Waals surface area (Å²) in [5.74, 6) is 3.16. The number of rotatable bonds is 8. The molecule has 0 heterocycles. The zero-order chi connectivity index (χ0) is 11.8. The topological polar surface area (TPSA) is 0 Å². The molecule has 0 N–H and O–H groups in total. The molecular formula is C16H32. The van der Waals surface area contributed by atoms with Crippen molar-refractivity contribution >= 4 is 0 Å². The van der Waals surface area contributed by atoms with Crippen LogP contribution < -0.4 is 0 Å². The average molecular weight is 224 g/mol. The highest BCUT2D eigenvalue weighted by Gasteiger charge is 2.27. The molecule has 0 radical (unpaired) electrons. The van der Waals surface area contributed by atoms with Gasteiger partial charge < -0.3 is 0 Å². The third-order valence-electron chi connectivity index (χ3n) is 4.51. The summed E-state index contributed by atoms with van der Waals surface area (Å²) in [5, 5.41) is 0. The maximum Gasteiger partial charge on any atom is -0.0383 e. The highest BCUT2D eigenvalue weighted by Crippen LogP contribution is 2.39. The normalized spacial score (nSPS) is 27.2. The van der Waals surface area contributed by atoms with Gasteiger partial charge in [0.25, 0.3) is 0 Å². The van der Waals surface area contributed by atoms with Gasteiger partial charge in [-0.1, -0.05) is 72.1 Å². The minimum atomic E-state index is 1.01. The summed E-state index contributed by atoms with van der Waals surface area (Å²) in [6, 6.07) is 0. The second-order valence-electron chi connectivity index (χ2n) is 6.08. The van der Waals surface area contributed by atoms with Crippen LogP contribution in [-0.2, 0) is 0 Å². The molecule has 0 amide bonds. The van der Waals surface area contributed by atoms with Gasteiger partial charge in [0.05, 0.1) is 0 Å². The molecular weight excluding hydrogens is 192 g/mol. The Morgan fingerprint density at radius 2 is 1.62 bits per heavy atom. The van der Waals surface area contributed by atoms with Crippen molar-refractivity contribution in [2.45, 2.75) is 85.0 Å². The van der Waals surface area contributed by atoms with Gasteiger partial charge in [0, 0.05) is 0 Å². The Hall–Kier alpha value is 0. The molecule has 96 valence electrons. The van der Waals surface area contributed by atoms with Gasteiger partial charge in [-0.2, -0.15) is 0 Å². The first kappa shape index (κ1) is 14.1. The lowest BCUT2D eigenvalue weighted by Crippen LogP contribution is -2.12. The van der Waals surface area contributed by atoms with Gasteiger partial charge in [-0.3, -0.25) is 0 Å². The van der Waals surface area contributed by atoms with Crippen molar-refractivity contribution in [2.24, 2.45) is 17.8 Å². The van der Waals surface area contributed by atoms with E-state index in [2.05, 4.69) is 20.8 Å². The molecule has 1 aliphatic carbocycles. The molecule has 16 heavy (non-hydrogen) atoms. The Morgan fingerprint density at radius 3 is 2.19 bits per heavy atom. The van der Waals surface area contributed by atoms with E-state index in [9.17, 15) is 0 Å². The molecule has 1 rings (SSSR count). The van der Waals surface area contributed by atoms with E-state index >= 15 is 0 Å². The fourth-order valence-corrected chi connectivity index (χ4v) is 3.42. The van der Waals surface area contributed by atoms with Crippen LogP contribution in [0.5, 0.6) is 0 Å². The Kier molecular flexibility index (Phi) is 7.16. The van der Waals surface area contributed by atoms with Gasteiger partial charge in [-0.25, -0.2) is 0 Å². The zero-order valence-electron chi connectivity index (χ0n) is 11.8. The van der Waals surface area contributed by atoms with E-state index in [1.54, 1.807) is 0 Å². The molecule has 0 nitrogen and oxygen atoms in total. The van der Waals surface area contributed by atoms with Gasteiger partial charge in [0.1, 0.15) is 0 Å². The number of hydrogen-bond acceptors (Lipinski definition) is 0. The van der Waals surface area contributed by atoms with Crippen LogP contribution in [0.2, 0.25) is 0 Å². The second kappa shape index (κ2) is 8.14. The van der Waals surface area contributed by atoms with E-state index in [-0.39, 0.29) is 0 Å². The van der Waals surface area contributed by atoms with Gasteiger partial charge in [0.15, 0.2) is 0 Å². The summed E-state index contributed by atoms with van der Waals surface area (Å²) in [7, 11) is 0. The molecule has 0 bridgehead atoms. The first-order valence-electron chi connectivity index (χ1n) is 7.77. The van der Waals surface area contributed by atoms with Crippen molar-refractivity contribution in [1.82, 2.24) is 0 Å². The summed E-state index contributed by atoms with van der Waals surface area (Å²) < 4.78 is 0. The maximum atomic E-state index is 2.45. The predicted molar refractivity (Wildman–Crippen MR) is 73.7 cm³/mol. The van der Waals surface area contributed by atoms with Gasteiger partial charge in [0.2, 0.25) is 0 Å². The first-order chi connectivity index (χ1) is 7.77. The van der Waals surface area contributed by atoms with Crippen LogP contribution in [0.3, 0.4) is 0 Å². The largest absolute Gasteiger partial charge is 0.0654 e. The van der Waals surface area contributed by atoms with Crippen molar-refractivity contribution in [1.29, 1.82) is 0 Å². The van der Waals surface area contributed by atoms with Crippen molar-refractivity contribution in [3.05, 3.63) is 0 Å². The smallest absolute Gasteiger partial charge is 0.0383 e. The van der Waals surface area contributed by atoms with Crippen molar-refractivity contribution in [3.63, 3.8) is 0 Å². The van der Waals surface area contributed by atoms with E-state index in [0.29, 0.717) is 0 Å². The Balaban J connectivity index is 2.30. The molecule has 0 saturated heterocycles. The van der Waals surface area contributed by atoms with Gasteiger partial charge in [-0.15, -0.1) is 0 Å². The third-order valence-corrected chi connectivity index (χ3v) is 4.51. The maximum absolute atomic E-state index is 2.45.